The van der Waals surface area contributed by atoms with Gasteiger partial charge in [-0.25, -0.2) is 4.79 Å². The highest BCUT2D eigenvalue weighted by Crippen LogP contribution is 2.09. The van der Waals surface area contributed by atoms with Crippen LogP contribution in [0.15, 0.2) is 17.5 Å². The molecule has 2 rings (SSSR count). The van der Waals surface area contributed by atoms with Gasteiger partial charge < -0.3 is 14.4 Å². The molecule has 4 nitrogen and oxygen atoms in total. The van der Waals surface area contributed by atoms with E-state index in [1.54, 1.807) is 6.07 Å². The predicted octanol–water partition coefficient (Wildman–Crippen LogP) is -0.180. The van der Waals surface area contributed by atoms with Crippen molar-refractivity contribution in [3.8, 4) is 0 Å². The van der Waals surface area contributed by atoms with Gasteiger partial charge in [0.15, 0.2) is 0 Å². The maximum absolute atomic E-state index is 11.5. The average molecular weight is 242 g/mol. The molecular weight excluding hydrogens is 226 g/mol. The molecule has 2 heterocycles. The number of hydrogen-bond acceptors (Lipinski definition) is 4. The summed E-state index contributed by atoms with van der Waals surface area (Å²) in [5, 5.41) is 1.88. The molecule has 0 bridgehead atoms. The SMILES string of the molecule is O=C(OCC[NH+]1CCOCC1)c1cccs1. The van der Waals surface area contributed by atoms with E-state index >= 15 is 0 Å². The number of morpholine rings is 1. The summed E-state index contributed by atoms with van der Waals surface area (Å²) in [5.74, 6) is -0.206. The smallest absolute Gasteiger partial charge is 0.348 e. The molecule has 16 heavy (non-hydrogen) atoms. The molecule has 0 aliphatic carbocycles. The molecule has 1 aliphatic heterocycles. The summed E-state index contributed by atoms with van der Waals surface area (Å²) >= 11 is 1.42. The Balaban J connectivity index is 1.66. The first-order chi connectivity index (χ1) is 7.86. The van der Waals surface area contributed by atoms with Gasteiger partial charge in [0, 0.05) is 0 Å². The number of rotatable bonds is 4. The zero-order valence-corrected chi connectivity index (χ0v) is 9.92. The van der Waals surface area contributed by atoms with E-state index in [0.29, 0.717) is 11.5 Å². The van der Waals surface area contributed by atoms with Crippen LogP contribution in [0, 0.1) is 0 Å². The summed E-state index contributed by atoms with van der Waals surface area (Å²) in [6, 6.07) is 3.64. The van der Waals surface area contributed by atoms with E-state index in [1.165, 1.54) is 16.2 Å². The molecule has 1 N–H and O–H groups in total. The minimum Gasteiger partial charge on any atom is -0.456 e. The predicted molar refractivity (Wildman–Crippen MR) is 61.0 cm³/mol. The number of esters is 1. The van der Waals surface area contributed by atoms with Crippen LogP contribution in [-0.4, -0.2) is 45.4 Å². The van der Waals surface area contributed by atoms with Gasteiger partial charge in [-0.3, -0.25) is 0 Å². The van der Waals surface area contributed by atoms with Gasteiger partial charge in [0.05, 0.1) is 13.2 Å². The highest BCUT2D eigenvalue weighted by atomic mass is 32.1. The van der Waals surface area contributed by atoms with E-state index < -0.39 is 0 Å². The van der Waals surface area contributed by atoms with Crippen LogP contribution in [0.2, 0.25) is 0 Å². The second-order valence-corrected chi connectivity index (χ2v) is 4.67. The van der Waals surface area contributed by atoms with Crippen molar-refractivity contribution < 1.29 is 19.2 Å². The summed E-state index contributed by atoms with van der Waals surface area (Å²) < 4.78 is 10.5. The number of carbonyl (C=O) groups excluding carboxylic acids is 1. The van der Waals surface area contributed by atoms with Crippen LogP contribution in [0.5, 0.6) is 0 Å². The third-order valence-corrected chi connectivity index (χ3v) is 3.46. The molecule has 1 aromatic rings. The van der Waals surface area contributed by atoms with Crippen LogP contribution in [-0.2, 0) is 9.47 Å². The summed E-state index contributed by atoms with van der Waals surface area (Å²) in [7, 11) is 0. The van der Waals surface area contributed by atoms with Crippen molar-refractivity contribution in [2.24, 2.45) is 0 Å². The minimum absolute atomic E-state index is 0.206. The van der Waals surface area contributed by atoms with Crippen LogP contribution in [0.4, 0.5) is 0 Å². The Morgan fingerprint density at radius 2 is 2.31 bits per heavy atom. The molecule has 1 saturated heterocycles. The molecule has 1 aliphatic rings. The van der Waals surface area contributed by atoms with E-state index in [4.69, 9.17) is 9.47 Å². The second kappa shape index (κ2) is 5.98. The van der Waals surface area contributed by atoms with Crippen LogP contribution < -0.4 is 4.90 Å². The van der Waals surface area contributed by atoms with Crippen LogP contribution in [0.1, 0.15) is 9.67 Å². The normalized spacial score (nSPS) is 17.2. The fourth-order valence-electron chi connectivity index (χ4n) is 1.66. The fourth-order valence-corrected chi connectivity index (χ4v) is 2.28. The van der Waals surface area contributed by atoms with Crippen molar-refractivity contribution in [3.63, 3.8) is 0 Å². The zero-order valence-electron chi connectivity index (χ0n) is 9.11. The third-order valence-electron chi connectivity index (χ3n) is 2.61. The molecule has 0 aromatic carbocycles. The molecule has 0 amide bonds. The van der Waals surface area contributed by atoms with Crippen LogP contribution in [0.25, 0.3) is 0 Å². The van der Waals surface area contributed by atoms with Gasteiger partial charge in [-0.1, -0.05) is 6.07 Å². The van der Waals surface area contributed by atoms with Crippen molar-refractivity contribution >= 4 is 17.3 Å². The van der Waals surface area contributed by atoms with Gasteiger partial charge in [-0.2, -0.15) is 0 Å². The highest BCUT2D eigenvalue weighted by Gasteiger charge is 2.14. The van der Waals surface area contributed by atoms with Gasteiger partial charge in [-0.15, -0.1) is 11.3 Å². The van der Waals surface area contributed by atoms with Crippen LogP contribution in [0.3, 0.4) is 0 Å². The Bertz CT molecular complexity index is 320. The molecule has 5 heteroatoms. The Hall–Kier alpha value is -0.910. The fraction of sp³-hybridized carbons (Fsp3) is 0.545. The Morgan fingerprint density at radius 1 is 1.50 bits per heavy atom. The third kappa shape index (κ3) is 3.30. The van der Waals surface area contributed by atoms with E-state index in [0.717, 1.165) is 32.8 Å². The van der Waals surface area contributed by atoms with E-state index in [1.807, 2.05) is 11.4 Å². The molecule has 1 fully saturated rings. The average Bonchev–Trinajstić information content (AvgIpc) is 2.84. The van der Waals surface area contributed by atoms with Crippen molar-refractivity contribution in [3.05, 3.63) is 22.4 Å². The summed E-state index contributed by atoms with van der Waals surface area (Å²) in [6.07, 6.45) is 0. The quantitative estimate of drug-likeness (QED) is 0.745. The molecule has 0 radical (unpaired) electrons. The molecule has 0 atom stereocenters. The minimum atomic E-state index is -0.206. The standard InChI is InChI=1S/C11H15NO3S/c13-11(10-2-1-9-16-10)15-8-5-12-3-6-14-7-4-12/h1-2,9H,3-8H2/p+1. The van der Waals surface area contributed by atoms with Gasteiger partial charge >= 0.3 is 5.97 Å². The molecular formula is C11H16NO3S+. The van der Waals surface area contributed by atoms with Crippen LogP contribution >= 0.6 is 11.3 Å². The Kier molecular flexibility index (Phi) is 4.33. The van der Waals surface area contributed by atoms with Crippen molar-refractivity contribution in [1.29, 1.82) is 0 Å². The molecule has 1 aromatic heterocycles. The number of quaternary nitrogens is 1. The van der Waals surface area contributed by atoms with E-state index in [2.05, 4.69) is 0 Å². The number of hydrogen-bond donors (Lipinski definition) is 1. The lowest BCUT2D eigenvalue weighted by molar-refractivity contribution is -0.908. The second-order valence-electron chi connectivity index (χ2n) is 3.73. The highest BCUT2D eigenvalue weighted by molar-refractivity contribution is 7.11. The zero-order chi connectivity index (χ0) is 11.2. The first kappa shape index (κ1) is 11.6. The largest absolute Gasteiger partial charge is 0.456 e. The Morgan fingerprint density at radius 3 is 3.00 bits per heavy atom. The monoisotopic (exact) mass is 242 g/mol. The van der Waals surface area contributed by atoms with Crippen molar-refractivity contribution in [2.75, 3.05) is 39.5 Å². The Labute approximate surface area is 98.8 Å². The number of ether oxygens (including phenoxy) is 2. The maximum atomic E-state index is 11.5. The lowest BCUT2D eigenvalue weighted by Crippen LogP contribution is -3.14. The van der Waals surface area contributed by atoms with Crippen molar-refractivity contribution in [1.82, 2.24) is 0 Å². The van der Waals surface area contributed by atoms with Gasteiger partial charge in [0.1, 0.15) is 31.1 Å². The van der Waals surface area contributed by atoms with E-state index in [-0.39, 0.29) is 5.97 Å². The molecule has 0 unspecified atom stereocenters. The molecule has 0 saturated carbocycles. The summed E-state index contributed by atoms with van der Waals surface area (Å²) in [6.45, 7) is 5.02. The first-order valence-electron chi connectivity index (χ1n) is 5.48. The lowest BCUT2D eigenvalue weighted by Gasteiger charge is -2.23. The number of carbonyl (C=O) groups is 1. The van der Waals surface area contributed by atoms with Gasteiger partial charge in [-0.05, 0) is 11.4 Å². The lowest BCUT2D eigenvalue weighted by atomic mass is 10.4. The molecule has 0 spiro atoms. The first-order valence-corrected chi connectivity index (χ1v) is 6.36. The van der Waals surface area contributed by atoms with Gasteiger partial charge in [0.25, 0.3) is 0 Å². The topological polar surface area (TPSA) is 40.0 Å². The summed E-state index contributed by atoms with van der Waals surface area (Å²) in [4.78, 5) is 13.6. The van der Waals surface area contributed by atoms with Crippen molar-refractivity contribution in [2.45, 2.75) is 0 Å². The summed E-state index contributed by atoms with van der Waals surface area (Å²) in [5.41, 5.74) is 0. The molecule has 88 valence electrons. The van der Waals surface area contributed by atoms with E-state index in [9.17, 15) is 4.79 Å². The van der Waals surface area contributed by atoms with Gasteiger partial charge in [0.2, 0.25) is 0 Å². The number of nitrogens with one attached hydrogen (secondary N) is 1. The maximum Gasteiger partial charge on any atom is 0.348 e. The number of thiophene rings is 1.